The number of benzene rings is 4. The Labute approximate surface area is 185 Å². The van der Waals surface area contributed by atoms with Crippen LogP contribution < -0.4 is 20.7 Å². The maximum Gasteiger partial charge on any atom is 0.674 e. The highest BCUT2D eigenvalue weighted by atomic mass is 31.1. The molecule has 0 bridgehead atoms. The molecule has 4 aromatic rings. The van der Waals surface area contributed by atoms with Crippen molar-refractivity contribution in [3.8, 4) is 0 Å². The van der Waals surface area contributed by atoms with Crippen molar-refractivity contribution in [2.75, 3.05) is 0 Å². The Morgan fingerprint density at radius 1 is 0.484 bits per heavy atom. The first kappa shape index (κ1) is 20.2. The quantitative estimate of drug-likeness (QED) is 0.346. The highest BCUT2D eigenvalue weighted by Crippen LogP contribution is 2.43. The molecule has 0 radical (unpaired) electrons. The van der Waals surface area contributed by atoms with E-state index in [0.29, 0.717) is 0 Å². The van der Waals surface area contributed by atoms with E-state index in [4.69, 9.17) is 8.43 Å². The molecule has 0 aromatic heterocycles. The maximum absolute atomic E-state index is 13.4. The molecule has 0 aliphatic carbocycles. The monoisotopic (exact) mass is 457 g/mol. The fourth-order valence-corrected chi connectivity index (χ4v) is 20.0. The SMILES string of the molecule is O=[P+]1O[Si](c2ccccc2)(c2ccccc2)C[Si](c2ccccc2)(c2ccccc2)O1. The second-order valence-corrected chi connectivity index (χ2v) is 16.6. The lowest BCUT2D eigenvalue weighted by Gasteiger charge is -2.37. The van der Waals surface area contributed by atoms with Crippen molar-refractivity contribution in [1.82, 2.24) is 0 Å². The molecule has 31 heavy (non-hydrogen) atoms. The minimum absolute atomic E-state index is 0.725. The summed E-state index contributed by atoms with van der Waals surface area (Å²) in [5, 5.41) is 4.49. The molecule has 1 heterocycles. The smallest absolute Gasteiger partial charge is 0.165 e. The van der Waals surface area contributed by atoms with Gasteiger partial charge in [0, 0.05) is 10.2 Å². The van der Waals surface area contributed by atoms with E-state index in [2.05, 4.69) is 48.5 Å². The molecule has 5 rings (SSSR count). The lowest BCUT2D eigenvalue weighted by atomic mass is 10.4. The Balaban J connectivity index is 1.79. The topological polar surface area (TPSA) is 35.5 Å². The van der Waals surface area contributed by atoms with Crippen LogP contribution in [-0.4, -0.2) is 16.6 Å². The van der Waals surface area contributed by atoms with Crippen LogP contribution in [0.15, 0.2) is 121 Å². The average Bonchev–Trinajstić information content (AvgIpc) is 2.86. The van der Waals surface area contributed by atoms with Gasteiger partial charge in [-0.05, 0) is 20.7 Å². The van der Waals surface area contributed by atoms with Crippen molar-refractivity contribution in [2.24, 2.45) is 0 Å². The van der Waals surface area contributed by atoms with E-state index in [-0.39, 0.29) is 0 Å². The van der Waals surface area contributed by atoms with E-state index in [9.17, 15) is 4.57 Å². The Morgan fingerprint density at radius 2 is 0.742 bits per heavy atom. The van der Waals surface area contributed by atoms with Gasteiger partial charge in [0.25, 0.3) is 0 Å². The fraction of sp³-hybridized carbons (Fsp3) is 0.0400. The zero-order valence-electron chi connectivity index (χ0n) is 16.9. The Kier molecular flexibility index (Phi) is 5.53. The van der Waals surface area contributed by atoms with Crippen molar-refractivity contribution in [3.63, 3.8) is 0 Å². The predicted octanol–water partition coefficient (Wildman–Crippen LogP) is 3.75. The number of hydrogen-bond donors (Lipinski definition) is 0. The Hall–Kier alpha value is -2.67. The van der Waals surface area contributed by atoms with E-state index >= 15 is 0 Å². The van der Waals surface area contributed by atoms with Gasteiger partial charge in [-0.25, -0.2) is 0 Å². The largest absolute Gasteiger partial charge is 0.674 e. The first-order valence-electron chi connectivity index (χ1n) is 10.3. The van der Waals surface area contributed by atoms with Gasteiger partial charge in [0.15, 0.2) is 0 Å². The third-order valence-electron chi connectivity index (χ3n) is 5.92. The summed E-state index contributed by atoms with van der Waals surface area (Å²) < 4.78 is 26.2. The molecule has 0 N–H and O–H groups in total. The van der Waals surface area contributed by atoms with Crippen LogP contribution in [0.1, 0.15) is 0 Å². The van der Waals surface area contributed by atoms with Crippen LogP contribution in [0.5, 0.6) is 0 Å². The average molecular weight is 458 g/mol. The summed E-state index contributed by atoms with van der Waals surface area (Å²) >= 11 is 0. The first-order valence-corrected chi connectivity index (χ1v) is 15.6. The molecule has 1 aliphatic heterocycles. The maximum atomic E-state index is 13.4. The van der Waals surface area contributed by atoms with Gasteiger partial charge in [0.05, 0.1) is 0 Å². The van der Waals surface area contributed by atoms with E-state index in [1.54, 1.807) is 0 Å². The fourth-order valence-electron chi connectivity index (χ4n) is 4.47. The summed E-state index contributed by atoms with van der Waals surface area (Å²) in [7, 11) is -7.98. The highest BCUT2D eigenvalue weighted by Gasteiger charge is 2.65. The first-order chi connectivity index (χ1) is 15.2. The molecule has 0 unspecified atom stereocenters. The normalized spacial score (nSPS) is 17.2. The van der Waals surface area contributed by atoms with Gasteiger partial charge in [-0.3, -0.25) is 0 Å². The van der Waals surface area contributed by atoms with Gasteiger partial charge in [0.2, 0.25) is 0 Å². The van der Waals surface area contributed by atoms with Crippen LogP contribution in [0.25, 0.3) is 0 Å². The van der Waals surface area contributed by atoms with Crippen LogP contribution in [0.4, 0.5) is 0 Å². The summed E-state index contributed by atoms with van der Waals surface area (Å²) in [5.74, 6) is 0. The molecular formula is C25H22O3PSi2+. The van der Waals surface area contributed by atoms with E-state index < -0.39 is 24.9 Å². The van der Waals surface area contributed by atoms with Crippen LogP contribution in [-0.2, 0) is 13.0 Å². The van der Waals surface area contributed by atoms with Gasteiger partial charge in [-0.2, -0.15) is 8.43 Å². The third-order valence-corrected chi connectivity index (χ3v) is 18.7. The second-order valence-electron chi connectivity index (χ2n) is 7.70. The molecule has 6 heteroatoms. The zero-order chi connectivity index (χ0) is 21.2. The van der Waals surface area contributed by atoms with Gasteiger partial charge in [0.1, 0.15) is 0 Å². The lowest BCUT2D eigenvalue weighted by Crippen LogP contribution is -2.73. The van der Waals surface area contributed by atoms with Crippen molar-refractivity contribution < 1.29 is 13.0 Å². The second kappa shape index (κ2) is 8.46. The molecule has 152 valence electrons. The Morgan fingerprint density at radius 3 is 1.00 bits per heavy atom. The molecule has 0 saturated carbocycles. The van der Waals surface area contributed by atoms with Gasteiger partial charge in [-0.15, -0.1) is 0 Å². The zero-order valence-corrected chi connectivity index (χ0v) is 19.8. The van der Waals surface area contributed by atoms with Crippen LogP contribution in [0, 0.1) is 0 Å². The van der Waals surface area contributed by atoms with Crippen molar-refractivity contribution in [3.05, 3.63) is 121 Å². The third kappa shape index (κ3) is 3.65. The Bertz CT molecular complexity index is 1000. The molecule has 3 nitrogen and oxygen atoms in total. The molecule has 1 saturated heterocycles. The van der Waals surface area contributed by atoms with Crippen LogP contribution >= 0.6 is 8.25 Å². The molecule has 1 fully saturated rings. The van der Waals surface area contributed by atoms with E-state index in [1.807, 2.05) is 72.8 Å². The predicted molar refractivity (Wildman–Crippen MR) is 130 cm³/mol. The summed E-state index contributed by atoms with van der Waals surface area (Å²) in [6, 6.07) is 41.2. The van der Waals surface area contributed by atoms with Crippen molar-refractivity contribution in [2.45, 2.75) is 5.67 Å². The summed E-state index contributed by atoms with van der Waals surface area (Å²) in [5.41, 5.74) is 0.725. The minimum Gasteiger partial charge on any atom is -0.165 e. The van der Waals surface area contributed by atoms with E-state index in [1.165, 1.54) is 0 Å². The summed E-state index contributed by atoms with van der Waals surface area (Å²) in [6.45, 7) is 0. The standard InChI is InChI=1S/C25H22O3PSi2/c26-29-27-30(22-13-5-1-6-14-22,23-15-7-2-8-16-23)21-31(28-29,24-17-9-3-10-18-24)25-19-11-4-12-20-25/h1-20H,21H2/q+1. The molecule has 0 amide bonds. The molecule has 4 aromatic carbocycles. The number of hydrogen-bond acceptors (Lipinski definition) is 3. The van der Waals surface area contributed by atoms with E-state index in [0.717, 1.165) is 26.4 Å². The van der Waals surface area contributed by atoms with Crippen LogP contribution in [0.3, 0.4) is 0 Å². The molecule has 0 spiro atoms. The molecule has 0 atom stereocenters. The highest BCUT2D eigenvalue weighted by molar-refractivity contribution is 7.43. The molecule has 1 aliphatic rings. The lowest BCUT2D eigenvalue weighted by molar-refractivity contribution is 0.405. The van der Waals surface area contributed by atoms with Gasteiger partial charge in [-0.1, -0.05) is 121 Å². The van der Waals surface area contributed by atoms with Crippen molar-refractivity contribution >= 4 is 45.6 Å². The minimum atomic E-state index is -2.85. The summed E-state index contributed by atoms with van der Waals surface area (Å²) in [4.78, 5) is 0. The molecular weight excluding hydrogens is 435 g/mol. The number of rotatable bonds is 4. The summed E-state index contributed by atoms with van der Waals surface area (Å²) in [6.07, 6.45) is 0. The van der Waals surface area contributed by atoms with Gasteiger partial charge >= 0.3 is 24.9 Å². The van der Waals surface area contributed by atoms with Crippen molar-refractivity contribution in [1.29, 1.82) is 0 Å². The van der Waals surface area contributed by atoms with Gasteiger partial charge < -0.3 is 0 Å². The van der Waals surface area contributed by atoms with Crippen LogP contribution in [0.2, 0.25) is 5.67 Å².